The summed E-state index contributed by atoms with van der Waals surface area (Å²) in [4.78, 5) is 24.8. The maximum atomic E-state index is 13.0. The molecule has 3 rings (SSSR count). The summed E-state index contributed by atoms with van der Waals surface area (Å²) in [6.45, 7) is 3.54. The molecule has 2 heterocycles. The number of hydrogen-bond acceptors (Lipinski definition) is 6. The molecular formula is C16H21N3O6S. The van der Waals surface area contributed by atoms with Crippen molar-refractivity contribution in [2.24, 2.45) is 0 Å². The average Bonchev–Trinajstić information content (AvgIpc) is 3.12. The molecule has 1 unspecified atom stereocenters. The van der Waals surface area contributed by atoms with E-state index in [1.54, 1.807) is 11.8 Å². The van der Waals surface area contributed by atoms with E-state index in [1.807, 2.05) is 0 Å². The molecule has 0 aromatic heterocycles. The summed E-state index contributed by atoms with van der Waals surface area (Å²) >= 11 is 0. The number of nitro groups is 1. The molecule has 1 aromatic carbocycles. The molecule has 0 bridgehead atoms. The first-order valence-electron chi connectivity index (χ1n) is 8.46. The molecule has 142 valence electrons. The minimum absolute atomic E-state index is 0.156. The maximum Gasteiger partial charge on any atom is 0.273 e. The number of carbonyl (C=O) groups is 1. The zero-order chi connectivity index (χ0) is 18.9. The highest BCUT2D eigenvalue weighted by Crippen LogP contribution is 2.30. The van der Waals surface area contributed by atoms with E-state index < -0.39 is 21.0 Å². The fraction of sp³-hybridized carbons (Fsp3) is 0.562. The highest BCUT2D eigenvalue weighted by molar-refractivity contribution is 7.89. The molecule has 1 atom stereocenters. The van der Waals surface area contributed by atoms with Gasteiger partial charge in [-0.1, -0.05) is 6.07 Å². The summed E-state index contributed by atoms with van der Waals surface area (Å²) in [6, 6.07) is 3.07. The third-order valence-electron chi connectivity index (χ3n) is 4.80. The molecule has 2 aliphatic heterocycles. The second-order valence-electron chi connectivity index (χ2n) is 6.42. The zero-order valence-electron chi connectivity index (χ0n) is 14.5. The van der Waals surface area contributed by atoms with E-state index in [2.05, 4.69) is 0 Å². The fourth-order valence-electron chi connectivity index (χ4n) is 3.35. The molecule has 1 amide bonds. The summed E-state index contributed by atoms with van der Waals surface area (Å²) in [6.07, 6.45) is 1.03. The Morgan fingerprint density at radius 1 is 1.27 bits per heavy atom. The summed E-state index contributed by atoms with van der Waals surface area (Å²) < 4.78 is 32.5. The fourth-order valence-corrected chi connectivity index (χ4v) is 5.02. The van der Waals surface area contributed by atoms with Crippen molar-refractivity contribution in [3.05, 3.63) is 33.9 Å². The summed E-state index contributed by atoms with van der Waals surface area (Å²) in [5.41, 5.74) is 0.137. The number of morpholine rings is 1. The molecule has 2 aliphatic rings. The molecule has 10 heteroatoms. The number of nitro benzene ring substituents is 1. The topological polar surface area (TPSA) is 110 Å². The molecule has 2 fully saturated rings. The van der Waals surface area contributed by atoms with Gasteiger partial charge in [-0.05, 0) is 25.8 Å². The van der Waals surface area contributed by atoms with Crippen LogP contribution in [0.4, 0.5) is 5.69 Å². The number of carbonyl (C=O) groups excluding carboxylic acids is 1. The van der Waals surface area contributed by atoms with Crippen LogP contribution in [0.3, 0.4) is 0 Å². The molecule has 0 radical (unpaired) electrons. The second-order valence-corrected chi connectivity index (χ2v) is 8.31. The first-order chi connectivity index (χ1) is 12.3. The highest BCUT2D eigenvalue weighted by Gasteiger charge is 2.41. The largest absolute Gasteiger partial charge is 0.378 e. The Hall–Kier alpha value is -2.04. The van der Waals surface area contributed by atoms with E-state index in [0.717, 1.165) is 6.07 Å². The number of benzene rings is 1. The Labute approximate surface area is 151 Å². The van der Waals surface area contributed by atoms with Crippen LogP contribution < -0.4 is 0 Å². The minimum atomic E-state index is -3.99. The van der Waals surface area contributed by atoms with Crippen LogP contribution in [0.5, 0.6) is 0 Å². The predicted molar refractivity (Wildman–Crippen MR) is 92.1 cm³/mol. The summed E-state index contributed by atoms with van der Waals surface area (Å²) in [5.74, 6) is -0.226. The van der Waals surface area contributed by atoms with Crippen molar-refractivity contribution in [2.45, 2.75) is 30.7 Å². The monoisotopic (exact) mass is 383 g/mol. The van der Waals surface area contributed by atoms with Crippen molar-refractivity contribution in [1.29, 1.82) is 0 Å². The van der Waals surface area contributed by atoms with Gasteiger partial charge in [-0.3, -0.25) is 14.9 Å². The van der Waals surface area contributed by atoms with Gasteiger partial charge in [0.1, 0.15) is 6.04 Å². The lowest BCUT2D eigenvalue weighted by Gasteiger charge is -2.32. The van der Waals surface area contributed by atoms with Crippen molar-refractivity contribution in [1.82, 2.24) is 9.21 Å². The lowest BCUT2D eigenvalue weighted by atomic mass is 10.2. The van der Waals surface area contributed by atoms with Gasteiger partial charge >= 0.3 is 0 Å². The van der Waals surface area contributed by atoms with E-state index in [0.29, 0.717) is 44.7 Å². The van der Waals surface area contributed by atoms with Crippen molar-refractivity contribution >= 4 is 21.6 Å². The Kier molecular flexibility index (Phi) is 5.26. The third-order valence-corrected chi connectivity index (χ3v) is 6.70. The van der Waals surface area contributed by atoms with Crippen LogP contribution in [0.2, 0.25) is 0 Å². The van der Waals surface area contributed by atoms with Crippen molar-refractivity contribution in [3.63, 3.8) is 0 Å². The Morgan fingerprint density at radius 3 is 2.62 bits per heavy atom. The molecule has 0 aliphatic carbocycles. The van der Waals surface area contributed by atoms with E-state index >= 15 is 0 Å². The van der Waals surface area contributed by atoms with Gasteiger partial charge in [0.2, 0.25) is 15.9 Å². The Morgan fingerprint density at radius 2 is 1.96 bits per heavy atom. The van der Waals surface area contributed by atoms with Gasteiger partial charge in [-0.2, -0.15) is 4.31 Å². The standard InChI is InChI=1S/C16H21N3O6S/c1-12-4-5-13(11-15(12)19(21)22)26(23,24)18-6-2-3-14(18)16(20)17-7-9-25-10-8-17/h4-5,11,14H,2-3,6-10H2,1H3. The van der Waals surface area contributed by atoms with E-state index in [9.17, 15) is 23.3 Å². The van der Waals surface area contributed by atoms with Crippen LogP contribution in [-0.2, 0) is 19.6 Å². The number of rotatable bonds is 4. The molecule has 2 saturated heterocycles. The third kappa shape index (κ3) is 3.44. The molecule has 26 heavy (non-hydrogen) atoms. The van der Waals surface area contributed by atoms with Crippen LogP contribution in [0.15, 0.2) is 23.1 Å². The summed E-state index contributed by atoms with van der Waals surface area (Å²) in [5, 5.41) is 11.1. The van der Waals surface area contributed by atoms with Gasteiger partial charge in [0.05, 0.1) is 23.0 Å². The van der Waals surface area contributed by atoms with Crippen LogP contribution in [0, 0.1) is 17.0 Å². The van der Waals surface area contributed by atoms with E-state index in [4.69, 9.17) is 4.74 Å². The number of ether oxygens (including phenoxy) is 1. The highest BCUT2D eigenvalue weighted by atomic mass is 32.2. The van der Waals surface area contributed by atoms with Crippen molar-refractivity contribution in [2.75, 3.05) is 32.8 Å². The molecule has 9 nitrogen and oxygen atoms in total. The Balaban J connectivity index is 1.89. The van der Waals surface area contributed by atoms with Crippen LogP contribution >= 0.6 is 0 Å². The average molecular weight is 383 g/mol. The van der Waals surface area contributed by atoms with Gasteiger partial charge in [0, 0.05) is 31.3 Å². The van der Waals surface area contributed by atoms with Crippen LogP contribution in [0.25, 0.3) is 0 Å². The predicted octanol–water partition coefficient (Wildman–Crippen LogP) is 0.915. The molecule has 0 N–H and O–H groups in total. The van der Waals surface area contributed by atoms with Gasteiger partial charge in [-0.15, -0.1) is 0 Å². The quantitative estimate of drug-likeness (QED) is 0.565. The van der Waals surface area contributed by atoms with E-state index in [-0.39, 0.29) is 23.0 Å². The lowest BCUT2D eigenvalue weighted by Crippen LogP contribution is -2.50. The SMILES string of the molecule is Cc1ccc(S(=O)(=O)N2CCCC2C(=O)N2CCOCC2)cc1[N+](=O)[O-]. The molecule has 0 spiro atoms. The first kappa shape index (κ1) is 18.7. The van der Waals surface area contributed by atoms with E-state index in [1.165, 1.54) is 16.4 Å². The number of amides is 1. The maximum absolute atomic E-state index is 13.0. The molecular weight excluding hydrogens is 362 g/mol. The van der Waals surface area contributed by atoms with Gasteiger partial charge in [-0.25, -0.2) is 8.42 Å². The van der Waals surface area contributed by atoms with Gasteiger partial charge < -0.3 is 9.64 Å². The van der Waals surface area contributed by atoms with Crippen LogP contribution in [0.1, 0.15) is 18.4 Å². The molecule has 0 saturated carbocycles. The van der Waals surface area contributed by atoms with Crippen LogP contribution in [-0.4, -0.2) is 67.3 Å². The second kappa shape index (κ2) is 7.29. The normalized spacial score (nSPS) is 21.7. The Bertz CT molecular complexity index is 819. The first-order valence-corrected chi connectivity index (χ1v) is 9.90. The number of sulfonamides is 1. The number of aryl methyl sites for hydroxylation is 1. The van der Waals surface area contributed by atoms with Crippen molar-refractivity contribution < 1.29 is 22.9 Å². The minimum Gasteiger partial charge on any atom is -0.378 e. The molecule has 1 aromatic rings. The van der Waals surface area contributed by atoms with Gasteiger partial charge in [0.25, 0.3) is 5.69 Å². The number of nitrogens with zero attached hydrogens (tertiary/aromatic N) is 3. The zero-order valence-corrected chi connectivity index (χ0v) is 15.3. The number of hydrogen-bond donors (Lipinski definition) is 0. The smallest absolute Gasteiger partial charge is 0.273 e. The lowest BCUT2D eigenvalue weighted by molar-refractivity contribution is -0.385. The summed E-state index contributed by atoms with van der Waals surface area (Å²) in [7, 11) is -3.99. The van der Waals surface area contributed by atoms with Crippen molar-refractivity contribution in [3.8, 4) is 0 Å². The van der Waals surface area contributed by atoms with Gasteiger partial charge in [0.15, 0.2) is 0 Å².